The number of carbonyl (C=O) groups excluding carboxylic acids is 1. The summed E-state index contributed by atoms with van der Waals surface area (Å²) in [5.41, 5.74) is 0.576. The van der Waals surface area contributed by atoms with Gasteiger partial charge in [-0.1, -0.05) is 19.1 Å². The topological polar surface area (TPSA) is 72.3 Å². The molecule has 1 aromatic carbocycles. The zero-order valence-corrected chi connectivity index (χ0v) is 19.7. The molecule has 2 aromatic heterocycles. The number of benzene rings is 1. The molecule has 2 aliphatic heterocycles. The first-order valence-electron chi connectivity index (χ1n) is 12.4. The highest BCUT2D eigenvalue weighted by Gasteiger charge is 2.39. The molecular weight excluding hydrogens is 452 g/mol. The molecule has 2 atom stereocenters. The number of hydrogen-bond acceptors (Lipinski definition) is 5. The van der Waals surface area contributed by atoms with E-state index < -0.39 is 12.3 Å². The maximum atomic E-state index is 13.8. The number of halogens is 2. The summed E-state index contributed by atoms with van der Waals surface area (Å²) in [6.07, 6.45) is 3.89. The Balaban J connectivity index is 1.29. The number of anilines is 2. The van der Waals surface area contributed by atoms with Crippen LogP contribution in [-0.2, 0) is 4.74 Å². The van der Waals surface area contributed by atoms with Gasteiger partial charge in [-0.3, -0.25) is 9.48 Å². The van der Waals surface area contributed by atoms with Crippen molar-refractivity contribution >= 4 is 28.3 Å². The van der Waals surface area contributed by atoms with Crippen LogP contribution in [0.4, 0.5) is 20.3 Å². The molecule has 1 N–H and O–H groups in total. The summed E-state index contributed by atoms with van der Waals surface area (Å²) < 4.78 is 35.0. The standard InChI is InChI=1S/C26H29F2N5O2/c1-15-5-8-17(9-6-15)33-13-21(24(31-33)25(27)28)29-26(34)20-4-2-3-16-7-10-22(30-23(16)20)32-12-19-11-18(32)14-35-19/h2-4,7,10,13,15,17-19,25H,5-6,8-9,11-12,14H2,1H3,(H,29,34)/t15-,17-,18-,19-/m0/s1. The number of alkyl halides is 2. The molecule has 184 valence electrons. The van der Waals surface area contributed by atoms with Crippen LogP contribution in [0, 0.1) is 5.92 Å². The molecule has 0 radical (unpaired) electrons. The number of pyridine rings is 1. The fourth-order valence-electron chi connectivity index (χ4n) is 5.71. The number of aromatic nitrogens is 3. The molecule has 1 aliphatic carbocycles. The predicted molar refractivity (Wildman–Crippen MR) is 129 cm³/mol. The number of nitrogens with one attached hydrogen (secondary N) is 1. The highest BCUT2D eigenvalue weighted by atomic mass is 19.3. The number of nitrogens with zero attached hydrogens (tertiary/aromatic N) is 4. The second kappa shape index (κ2) is 8.86. The van der Waals surface area contributed by atoms with Gasteiger partial charge in [0.15, 0.2) is 5.69 Å². The van der Waals surface area contributed by atoms with E-state index in [9.17, 15) is 13.6 Å². The van der Waals surface area contributed by atoms with Crippen LogP contribution < -0.4 is 10.2 Å². The normalized spacial score (nSPS) is 26.1. The van der Waals surface area contributed by atoms with Gasteiger partial charge in [-0.25, -0.2) is 13.8 Å². The van der Waals surface area contributed by atoms with Crippen LogP contribution in [0.2, 0.25) is 0 Å². The van der Waals surface area contributed by atoms with Crippen LogP contribution in [0.15, 0.2) is 36.5 Å². The molecule has 3 fully saturated rings. The van der Waals surface area contributed by atoms with Crippen LogP contribution in [0.3, 0.4) is 0 Å². The van der Waals surface area contributed by atoms with Gasteiger partial charge in [-0.15, -0.1) is 0 Å². The van der Waals surface area contributed by atoms with E-state index in [1.807, 2.05) is 18.2 Å². The lowest BCUT2D eigenvalue weighted by atomic mass is 9.87. The van der Waals surface area contributed by atoms with E-state index in [0.717, 1.165) is 49.9 Å². The van der Waals surface area contributed by atoms with Gasteiger partial charge in [0.25, 0.3) is 12.3 Å². The van der Waals surface area contributed by atoms with E-state index in [2.05, 4.69) is 22.2 Å². The molecule has 1 saturated carbocycles. The third-order valence-corrected chi connectivity index (χ3v) is 7.72. The summed E-state index contributed by atoms with van der Waals surface area (Å²) in [6, 6.07) is 9.66. The fraction of sp³-hybridized carbons (Fsp3) is 0.500. The highest BCUT2D eigenvalue weighted by Crippen LogP contribution is 2.35. The first kappa shape index (κ1) is 22.4. The van der Waals surface area contributed by atoms with Gasteiger partial charge in [-0.2, -0.15) is 5.10 Å². The number of para-hydroxylation sites is 1. The van der Waals surface area contributed by atoms with E-state index in [1.165, 1.54) is 0 Å². The summed E-state index contributed by atoms with van der Waals surface area (Å²) in [5, 5.41) is 7.70. The summed E-state index contributed by atoms with van der Waals surface area (Å²) in [5.74, 6) is 0.981. The van der Waals surface area contributed by atoms with Gasteiger partial charge in [-0.05, 0) is 56.2 Å². The lowest BCUT2D eigenvalue weighted by Crippen LogP contribution is -2.37. The largest absolute Gasteiger partial charge is 0.374 e. The van der Waals surface area contributed by atoms with Gasteiger partial charge >= 0.3 is 0 Å². The molecule has 2 bridgehead atoms. The number of hydrogen-bond donors (Lipinski definition) is 1. The summed E-state index contributed by atoms with van der Waals surface area (Å²) >= 11 is 0. The first-order chi connectivity index (χ1) is 17.0. The van der Waals surface area contributed by atoms with Gasteiger partial charge in [0.05, 0.1) is 41.6 Å². The Morgan fingerprint density at radius 2 is 1.97 bits per heavy atom. The van der Waals surface area contributed by atoms with Crippen molar-refractivity contribution in [1.29, 1.82) is 0 Å². The monoisotopic (exact) mass is 481 g/mol. The van der Waals surface area contributed by atoms with E-state index in [0.29, 0.717) is 29.6 Å². The second-order valence-corrected chi connectivity index (χ2v) is 10.1. The highest BCUT2D eigenvalue weighted by molar-refractivity contribution is 6.12. The van der Waals surface area contributed by atoms with Crippen molar-refractivity contribution in [2.75, 3.05) is 23.4 Å². The van der Waals surface area contributed by atoms with Gasteiger partial charge in [0, 0.05) is 18.1 Å². The van der Waals surface area contributed by atoms with Gasteiger partial charge < -0.3 is 15.0 Å². The molecule has 3 aromatic rings. The lowest BCUT2D eigenvalue weighted by molar-refractivity contribution is 0.0988. The molecule has 7 nitrogen and oxygen atoms in total. The van der Waals surface area contributed by atoms with Gasteiger partial charge in [0.1, 0.15) is 5.82 Å². The van der Waals surface area contributed by atoms with Crippen molar-refractivity contribution in [2.24, 2.45) is 5.92 Å². The maximum absolute atomic E-state index is 13.8. The number of carbonyl (C=O) groups is 1. The molecule has 3 aliphatic rings. The van der Waals surface area contributed by atoms with Crippen molar-refractivity contribution in [3.8, 4) is 0 Å². The average Bonchev–Trinajstić information content (AvgIpc) is 3.60. The molecule has 0 unspecified atom stereocenters. The minimum atomic E-state index is -2.78. The van der Waals surface area contributed by atoms with E-state index in [4.69, 9.17) is 9.72 Å². The number of fused-ring (bicyclic) bond motifs is 3. The third-order valence-electron chi connectivity index (χ3n) is 7.72. The maximum Gasteiger partial charge on any atom is 0.284 e. The Morgan fingerprint density at radius 3 is 2.69 bits per heavy atom. The summed E-state index contributed by atoms with van der Waals surface area (Å²) in [6.45, 7) is 3.68. The fourth-order valence-corrected chi connectivity index (χ4v) is 5.71. The number of amides is 1. The molecule has 9 heteroatoms. The third kappa shape index (κ3) is 4.16. The molecule has 4 heterocycles. The minimum Gasteiger partial charge on any atom is -0.374 e. The van der Waals surface area contributed by atoms with Gasteiger partial charge in [0.2, 0.25) is 0 Å². The molecular formula is C26H29F2N5O2. The van der Waals surface area contributed by atoms with Crippen molar-refractivity contribution in [3.05, 3.63) is 47.8 Å². The molecule has 6 rings (SSSR count). The van der Waals surface area contributed by atoms with Crippen molar-refractivity contribution in [2.45, 2.75) is 63.6 Å². The number of morpholine rings is 1. The van der Waals surface area contributed by atoms with Crippen LogP contribution in [0.1, 0.15) is 67.5 Å². The van der Waals surface area contributed by atoms with Crippen LogP contribution in [0.5, 0.6) is 0 Å². The smallest absolute Gasteiger partial charge is 0.284 e. The molecule has 35 heavy (non-hydrogen) atoms. The molecule has 1 amide bonds. The van der Waals surface area contributed by atoms with Crippen molar-refractivity contribution in [1.82, 2.24) is 14.8 Å². The van der Waals surface area contributed by atoms with Crippen LogP contribution in [0.25, 0.3) is 10.9 Å². The zero-order chi connectivity index (χ0) is 24.1. The minimum absolute atomic E-state index is 0.0609. The Hall–Kier alpha value is -3.07. The second-order valence-electron chi connectivity index (χ2n) is 10.1. The quantitative estimate of drug-likeness (QED) is 0.532. The Morgan fingerprint density at radius 1 is 1.14 bits per heavy atom. The SMILES string of the molecule is C[C@H]1CC[C@H](n2cc(NC(=O)c3cccc4ccc(N5C[C@@H]6C[C@H]5CO6)nc34)c(C(F)F)n2)CC1. The Kier molecular flexibility index (Phi) is 5.67. The number of rotatable bonds is 5. The first-order valence-corrected chi connectivity index (χ1v) is 12.4. The van der Waals surface area contributed by atoms with Crippen LogP contribution >= 0.6 is 0 Å². The zero-order valence-electron chi connectivity index (χ0n) is 19.7. The molecule has 2 saturated heterocycles. The summed E-state index contributed by atoms with van der Waals surface area (Å²) in [7, 11) is 0. The Bertz CT molecular complexity index is 1250. The predicted octanol–water partition coefficient (Wildman–Crippen LogP) is 5.35. The summed E-state index contributed by atoms with van der Waals surface area (Å²) in [4.78, 5) is 20.4. The van der Waals surface area contributed by atoms with E-state index in [-0.39, 0.29) is 23.5 Å². The van der Waals surface area contributed by atoms with E-state index >= 15 is 0 Å². The Labute approximate surface area is 202 Å². The molecule has 0 spiro atoms. The van der Waals surface area contributed by atoms with Crippen LogP contribution in [-0.4, -0.2) is 46.0 Å². The average molecular weight is 482 g/mol. The number of ether oxygens (including phenoxy) is 1. The van der Waals surface area contributed by atoms with Crippen molar-refractivity contribution < 1.29 is 18.3 Å². The lowest BCUT2D eigenvalue weighted by Gasteiger charge is -2.28. The van der Waals surface area contributed by atoms with Crippen molar-refractivity contribution in [3.63, 3.8) is 0 Å². The van der Waals surface area contributed by atoms with E-state index in [1.54, 1.807) is 23.0 Å².